The number of hydrogen-bond donors (Lipinski definition) is 1. The minimum Gasteiger partial charge on any atom is -0.491 e. The fourth-order valence-electron chi connectivity index (χ4n) is 8.15. The summed E-state index contributed by atoms with van der Waals surface area (Å²) in [4.78, 5) is 59.3. The van der Waals surface area contributed by atoms with Crippen molar-refractivity contribution in [1.82, 2.24) is 0 Å². The van der Waals surface area contributed by atoms with Crippen LogP contribution in [0.25, 0.3) is 6.08 Å². The monoisotopic (exact) mass is 602 g/mol. The van der Waals surface area contributed by atoms with Gasteiger partial charge in [-0.05, 0) is 73.2 Å². The number of rotatable bonds is 7. The van der Waals surface area contributed by atoms with Crippen molar-refractivity contribution >= 4 is 41.1 Å². The Morgan fingerprint density at radius 2 is 1.56 bits per heavy atom. The lowest BCUT2D eigenvalue weighted by atomic mass is 9.51. The van der Waals surface area contributed by atoms with E-state index in [4.69, 9.17) is 4.74 Å². The number of aliphatic hydroxyl groups excluding tert-OH is 1. The zero-order valence-electron chi connectivity index (χ0n) is 25.0. The lowest BCUT2D eigenvalue weighted by Crippen LogP contribution is -2.48. The molecule has 7 rings (SSSR count). The highest BCUT2D eigenvalue weighted by Gasteiger charge is 2.67. The lowest BCUT2D eigenvalue weighted by Gasteiger charge is -2.49. The number of aliphatic hydroxyl groups is 1. The minimum absolute atomic E-state index is 0.116. The zero-order valence-corrected chi connectivity index (χ0v) is 25.0. The van der Waals surface area contributed by atoms with Crippen molar-refractivity contribution in [2.45, 2.75) is 25.7 Å². The molecule has 2 saturated heterocycles. The van der Waals surface area contributed by atoms with E-state index < -0.39 is 35.0 Å². The summed E-state index contributed by atoms with van der Waals surface area (Å²) in [6.07, 6.45) is 4.43. The molecule has 0 spiro atoms. The molecule has 8 nitrogen and oxygen atoms in total. The number of amides is 4. The number of carbonyl (C=O) groups excluding carboxylic acids is 4. The first-order valence-electron chi connectivity index (χ1n) is 15.4. The maximum absolute atomic E-state index is 14.5. The van der Waals surface area contributed by atoms with E-state index in [9.17, 15) is 24.3 Å². The number of hydrogen-bond acceptors (Lipinski definition) is 6. The van der Waals surface area contributed by atoms with Gasteiger partial charge in [-0.15, -0.1) is 0 Å². The van der Waals surface area contributed by atoms with Crippen molar-refractivity contribution in [2.75, 3.05) is 23.0 Å². The quantitative estimate of drug-likeness (QED) is 0.297. The molecule has 4 amide bonds. The van der Waals surface area contributed by atoms with Crippen molar-refractivity contribution in [3.8, 4) is 5.75 Å². The molecule has 45 heavy (non-hydrogen) atoms. The van der Waals surface area contributed by atoms with Crippen molar-refractivity contribution < 1.29 is 29.0 Å². The molecule has 2 aliphatic carbocycles. The van der Waals surface area contributed by atoms with Gasteiger partial charge < -0.3 is 9.84 Å². The van der Waals surface area contributed by atoms with Crippen LogP contribution in [0.15, 0.2) is 97.1 Å². The first-order chi connectivity index (χ1) is 21.8. The number of fused-ring (bicyclic) bond motifs is 4. The third-order valence-corrected chi connectivity index (χ3v) is 10.2. The molecule has 3 aromatic rings. The van der Waals surface area contributed by atoms with Crippen LogP contribution in [0, 0.1) is 29.1 Å². The fourth-order valence-corrected chi connectivity index (χ4v) is 8.15. The van der Waals surface area contributed by atoms with Gasteiger partial charge in [0, 0.05) is 5.92 Å². The molecule has 8 heteroatoms. The molecule has 228 valence electrons. The molecule has 2 heterocycles. The van der Waals surface area contributed by atoms with Gasteiger partial charge in [-0.2, -0.15) is 0 Å². The first kappa shape index (κ1) is 28.9. The molecule has 2 aliphatic heterocycles. The van der Waals surface area contributed by atoms with E-state index in [2.05, 4.69) is 6.58 Å². The van der Waals surface area contributed by atoms with Crippen molar-refractivity contribution in [1.29, 1.82) is 0 Å². The summed E-state index contributed by atoms with van der Waals surface area (Å²) in [7, 11) is 0. The fraction of sp³-hybridized carbons (Fsp3) is 0.297. The van der Waals surface area contributed by atoms with Gasteiger partial charge in [-0.25, -0.2) is 4.90 Å². The van der Waals surface area contributed by atoms with Gasteiger partial charge in [0.05, 0.1) is 41.2 Å². The van der Waals surface area contributed by atoms with E-state index in [-0.39, 0.29) is 36.8 Å². The molecule has 0 radical (unpaired) electrons. The maximum Gasteiger partial charge on any atom is 0.241 e. The van der Waals surface area contributed by atoms with E-state index in [1.54, 1.807) is 54.6 Å². The van der Waals surface area contributed by atoms with E-state index in [1.165, 1.54) is 9.80 Å². The predicted octanol–water partition coefficient (Wildman–Crippen LogP) is 5.14. The normalized spacial score (nSPS) is 28.8. The molecule has 3 aromatic carbocycles. The molecule has 3 fully saturated rings. The Bertz CT molecular complexity index is 1730. The number of para-hydroxylation sites is 1. The predicted molar refractivity (Wildman–Crippen MR) is 169 cm³/mol. The highest BCUT2D eigenvalue weighted by molar-refractivity contribution is 6.25. The second-order valence-corrected chi connectivity index (χ2v) is 12.4. The van der Waals surface area contributed by atoms with Crippen LogP contribution in [0.4, 0.5) is 11.4 Å². The molecular formula is C37H34N2O6. The van der Waals surface area contributed by atoms with Gasteiger partial charge in [-0.1, -0.05) is 66.8 Å². The molecule has 1 N–H and O–H groups in total. The Morgan fingerprint density at radius 1 is 0.867 bits per heavy atom. The number of carbonyl (C=O) groups is 4. The van der Waals surface area contributed by atoms with E-state index in [0.717, 1.165) is 16.7 Å². The Balaban J connectivity index is 1.32. The van der Waals surface area contributed by atoms with Crippen LogP contribution in [0.5, 0.6) is 5.75 Å². The highest BCUT2D eigenvalue weighted by Crippen LogP contribution is 2.63. The van der Waals surface area contributed by atoms with Gasteiger partial charge in [0.2, 0.25) is 23.6 Å². The lowest BCUT2D eigenvalue weighted by molar-refractivity contribution is -0.131. The van der Waals surface area contributed by atoms with Crippen molar-refractivity contribution in [3.05, 3.63) is 108 Å². The van der Waals surface area contributed by atoms with Crippen LogP contribution in [0.1, 0.15) is 36.8 Å². The molecule has 1 saturated carbocycles. The van der Waals surface area contributed by atoms with Crippen LogP contribution in [-0.4, -0.2) is 41.9 Å². The van der Waals surface area contributed by atoms with Crippen molar-refractivity contribution in [2.24, 2.45) is 29.1 Å². The second kappa shape index (κ2) is 11.0. The van der Waals surface area contributed by atoms with Gasteiger partial charge >= 0.3 is 0 Å². The third-order valence-electron chi connectivity index (χ3n) is 10.2. The van der Waals surface area contributed by atoms with Crippen LogP contribution in [0.3, 0.4) is 0 Å². The topological polar surface area (TPSA) is 104 Å². The summed E-state index contributed by atoms with van der Waals surface area (Å²) in [6, 6.07) is 23.5. The minimum atomic E-state index is -1.11. The summed E-state index contributed by atoms with van der Waals surface area (Å²) >= 11 is 0. The maximum atomic E-state index is 14.5. The average Bonchev–Trinajstić information content (AvgIpc) is 3.44. The highest BCUT2D eigenvalue weighted by atomic mass is 16.5. The van der Waals surface area contributed by atoms with E-state index >= 15 is 0 Å². The molecule has 4 aliphatic rings. The van der Waals surface area contributed by atoms with Crippen LogP contribution >= 0.6 is 0 Å². The molecule has 6 atom stereocenters. The van der Waals surface area contributed by atoms with Gasteiger partial charge in [0.25, 0.3) is 0 Å². The van der Waals surface area contributed by atoms with E-state index in [1.807, 2.05) is 43.3 Å². The summed E-state index contributed by atoms with van der Waals surface area (Å²) in [5.41, 5.74) is 2.57. The Kier molecular flexibility index (Phi) is 7.05. The molecule has 0 bridgehead atoms. The summed E-state index contributed by atoms with van der Waals surface area (Å²) in [5, 5.41) is 9.19. The Labute approximate surface area is 261 Å². The smallest absolute Gasteiger partial charge is 0.241 e. The standard InChI is InChI=1S/C37H34N2O6/c1-3-22-9-13-25(14-10-22)38-33(41)28-18-17-27-29(31(28)35(38)43)21-30-34(42)39(24-7-5-4-6-8-24)36(44)37(30,2)32(27)23-11-15-26(16-12-23)45-20-19-40/h3-17,28-32,40H,1,18-21H2,2H3/t28-,29+,30-,31-,32-,37+/m0/s1. The van der Waals surface area contributed by atoms with E-state index in [0.29, 0.717) is 30.0 Å². The summed E-state index contributed by atoms with van der Waals surface area (Å²) in [5.74, 6) is -3.22. The first-order valence-corrected chi connectivity index (χ1v) is 15.4. The molecule has 0 unspecified atom stereocenters. The molecular weight excluding hydrogens is 568 g/mol. The Hall–Kier alpha value is -4.82. The van der Waals surface area contributed by atoms with Crippen molar-refractivity contribution in [3.63, 3.8) is 0 Å². The third kappa shape index (κ3) is 4.30. The summed E-state index contributed by atoms with van der Waals surface area (Å²) in [6.45, 7) is 5.70. The van der Waals surface area contributed by atoms with Crippen LogP contribution in [-0.2, 0) is 19.2 Å². The average molecular weight is 603 g/mol. The summed E-state index contributed by atoms with van der Waals surface area (Å²) < 4.78 is 5.59. The second-order valence-electron chi connectivity index (χ2n) is 12.4. The zero-order chi connectivity index (χ0) is 31.5. The Morgan fingerprint density at radius 3 is 2.22 bits per heavy atom. The van der Waals surface area contributed by atoms with Gasteiger partial charge in [-0.3, -0.25) is 24.1 Å². The molecule has 0 aromatic heterocycles. The van der Waals surface area contributed by atoms with Gasteiger partial charge in [0.15, 0.2) is 0 Å². The number of nitrogens with zero attached hydrogens (tertiary/aromatic N) is 2. The number of ether oxygens (including phenoxy) is 1. The van der Waals surface area contributed by atoms with Crippen LogP contribution < -0.4 is 14.5 Å². The number of imide groups is 2. The SMILES string of the molecule is C=Cc1ccc(N2C(=O)[C@H]3[C@H](CC=C4[C@H]3C[C@H]3C(=O)N(c5ccccc5)C(=O)[C@@]3(C)[C@H]4c3ccc(OCCO)cc3)C2=O)cc1. The largest absolute Gasteiger partial charge is 0.491 e. The number of allylic oxidation sites excluding steroid dienone is 2. The van der Waals surface area contributed by atoms with Crippen LogP contribution in [0.2, 0.25) is 0 Å². The number of benzene rings is 3. The number of anilines is 2. The van der Waals surface area contributed by atoms with Gasteiger partial charge in [0.1, 0.15) is 12.4 Å².